The molecule has 0 atom stereocenters. The first-order chi connectivity index (χ1) is 10.7. The Morgan fingerprint density at radius 1 is 1.14 bits per heavy atom. The molecule has 0 aromatic carbocycles. The highest BCUT2D eigenvalue weighted by Gasteiger charge is 2.23. The van der Waals surface area contributed by atoms with Crippen molar-refractivity contribution < 1.29 is 0 Å². The van der Waals surface area contributed by atoms with Crippen molar-refractivity contribution in [1.82, 2.24) is 29.9 Å². The summed E-state index contributed by atoms with van der Waals surface area (Å²) in [5.74, 6) is 1.02. The molecule has 0 bridgehead atoms. The predicted molar refractivity (Wildman–Crippen MR) is 84.7 cm³/mol. The number of anilines is 1. The lowest BCUT2D eigenvalue weighted by Crippen LogP contribution is -2.44. The fourth-order valence-corrected chi connectivity index (χ4v) is 2.94. The Kier molecular flexibility index (Phi) is 4.62. The molecule has 2 aromatic rings. The molecule has 0 saturated carbocycles. The average Bonchev–Trinajstić information content (AvgIpc) is 3.06. The summed E-state index contributed by atoms with van der Waals surface area (Å²) in [6.45, 7) is 6.10. The first-order valence-electron chi connectivity index (χ1n) is 7.80. The van der Waals surface area contributed by atoms with Crippen molar-refractivity contribution >= 4 is 5.82 Å². The van der Waals surface area contributed by atoms with E-state index in [0.717, 1.165) is 50.5 Å². The maximum absolute atomic E-state index is 4.39. The van der Waals surface area contributed by atoms with Crippen molar-refractivity contribution in [3.8, 4) is 0 Å². The summed E-state index contributed by atoms with van der Waals surface area (Å²) < 4.78 is 0. The fourth-order valence-electron chi connectivity index (χ4n) is 2.94. The molecule has 3 heterocycles. The quantitative estimate of drug-likeness (QED) is 0.820. The third-order valence-electron chi connectivity index (χ3n) is 4.34. The SMILES string of the molecule is Cc1cc(N(C)C2CCN(CCn3nccn3)CC2)ncn1. The molecule has 0 N–H and O–H groups in total. The molecule has 7 nitrogen and oxygen atoms in total. The van der Waals surface area contributed by atoms with Crippen molar-refractivity contribution in [3.63, 3.8) is 0 Å². The van der Waals surface area contributed by atoms with E-state index in [1.165, 1.54) is 0 Å². The first-order valence-corrected chi connectivity index (χ1v) is 7.80. The van der Waals surface area contributed by atoms with Crippen LogP contribution < -0.4 is 4.90 Å². The van der Waals surface area contributed by atoms with Gasteiger partial charge in [-0.05, 0) is 19.8 Å². The van der Waals surface area contributed by atoms with Gasteiger partial charge in [0.2, 0.25) is 0 Å². The van der Waals surface area contributed by atoms with Crippen LogP contribution in [-0.2, 0) is 6.54 Å². The van der Waals surface area contributed by atoms with E-state index < -0.39 is 0 Å². The largest absolute Gasteiger partial charge is 0.356 e. The summed E-state index contributed by atoms with van der Waals surface area (Å²) in [7, 11) is 2.13. The topological polar surface area (TPSA) is 63.0 Å². The van der Waals surface area contributed by atoms with E-state index in [1.54, 1.807) is 23.5 Å². The van der Waals surface area contributed by atoms with Gasteiger partial charge in [-0.25, -0.2) is 9.97 Å². The maximum Gasteiger partial charge on any atom is 0.132 e. The molecule has 1 saturated heterocycles. The van der Waals surface area contributed by atoms with Gasteiger partial charge in [0.25, 0.3) is 0 Å². The van der Waals surface area contributed by atoms with Crippen LogP contribution >= 0.6 is 0 Å². The van der Waals surface area contributed by atoms with E-state index in [1.807, 2.05) is 6.92 Å². The zero-order chi connectivity index (χ0) is 15.4. The number of hydrogen-bond acceptors (Lipinski definition) is 6. The second-order valence-corrected chi connectivity index (χ2v) is 5.83. The van der Waals surface area contributed by atoms with Gasteiger partial charge in [0.1, 0.15) is 12.1 Å². The number of aryl methyl sites for hydroxylation is 1. The normalized spacial score (nSPS) is 16.8. The third-order valence-corrected chi connectivity index (χ3v) is 4.34. The van der Waals surface area contributed by atoms with Crippen LogP contribution in [0.4, 0.5) is 5.82 Å². The Morgan fingerprint density at radius 3 is 2.55 bits per heavy atom. The highest BCUT2D eigenvalue weighted by molar-refractivity contribution is 5.39. The van der Waals surface area contributed by atoms with Crippen LogP contribution in [0, 0.1) is 6.92 Å². The highest BCUT2D eigenvalue weighted by atomic mass is 15.5. The van der Waals surface area contributed by atoms with Gasteiger partial charge in [-0.15, -0.1) is 0 Å². The van der Waals surface area contributed by atoms with E-state index in [-0.39, 0.29) is 0 Å². The van der Waals surface area contributed by atoms with Gasteiger partial charge < -0.3 is 9.80 Å². The summed E-state index contributed by atoms with van der Waals surface area (Å²) in [5.41, 5.74) is 1.01. The molecule has 0 aliphatic carbocycles. The molecule has 2 aromatic heterocycles. The van der Waals surface area contributed by atoms with Crippen LogP contribution in [-0.4, -0.2) is 62.6 Å². The van der Waals surface area contributed by atoms with Gasteiger partial charge in [-0.1, -0.05) is 0 Å². The summed E-state index contributed by atoms with van der Waals surface area (Å²) in [6.07, 6.45) is 7.42. The van der Waals surface area contributed by atoms with Crippen LogP contribution in [0.2, 0.25) is 0 Å². The minimum absolute atomic E-state index is 0.549. The molecule has 0 unspecified atom stereocenters. The third kappa shape index (κ3) is 3.59. The monoisotopic (exact) mass is 301 g/mol. The number of nitrogens with zero attached hydrogens (tertiary/aromatic N) is 7. The molecule has 118 valence electrons. The van der Waals surface area contributed by atoms with Crippen molar-refractivity contribution in [2.75, 3.05) is 31.6 Å². The Balaban J connectivity index is 1.48. The lowest BCUT2D eigenvalue weighted by molar-refractivity contribution is 0.198. The van der Waals surface area contributed by atoms with Crippen LogP contribution in [0.5, 0.6) is 0 Å². The second-order valence-electron chi connectivity index (χ2n) is 5.83. The Hall–Kier alpha value is -2.02. The van der Waals surface area contributed by atoms with Crippen LogP contribution in [0.15, 0.2) is 24.8 Å². The molecule has 1 aliphatic rings. The van der Waals surface area contributed by atoms with Gasteiger partial charge in [-0.2, -0.15) is 15.0 Å². The minimum Gasteiger partial charge on any atom is -0.356 e. The summed E-state index contributed by atoms with van der Waals surface area (Å²) in [5, 5.41) is 8.30. The molecule has 1 fully saturated rings. The molecular weight excluding hydrogens is 278 g/mol. The van der Waals surface area contributed by atoms with E-state index in [4.69, 9.17) is 0 Å². The lowest BCUT2D eigenvalue weighted by atomic mass is 10.0. The molecule has 0 radical (unpaired) electrons. The van der Waals surface area contributed by atoms with Crippen molar-refractivity contribution in [3.05, 3.63) is 30.5 Å². The van der Waals surface area contributed by atoms with Gasteiger partial charge in [0.15, 0.2) is 0 Å². The van der Waals surface area contributed by atoms with E-state index >= 15 is 0 Å². The Morgan fingerprint density at radius 2 is 1.86 bits per heavy atom. The second kappa shape index (κ2) is 6.83. The predicted octanol–water partition coefficient (Wildman–Crippen LogP) is 0.977. The maximum atomic E-state index is 4.39. The van der Waals surface area contributed by atoms with E-state index in [2.05, 4.69) is 43.1 Å². The van der Waals surface area contributed by atoms with Crippen LogP contribution in [0.1, 0.15) is 18.5 Å². The number of rotatable bonds is 5. The summed E-state index contributed by atoms with van der Waals surface area (Å²) in [6, 6.07) is 2.60. The van der Waals surface area contributed by atoms with Gasteiger partial charge in [0, 0.05) is 44.5 Å². The van der Waals surface area contributed by atoms with Crippen molar-refractivity contribution in [2.24, 2.45) is 0 Å². The molecule has 0 amide bonds. The summed E-state index contributed by atoms with van der Waals surface area (Å²) >= 11 is 0. The van der Waals surface area contributed by atoms with E-state index in [9.17, 15) is 0 Å². The highest BCUT2D eigenvalue weighted by Crippen LogP contribution is 2.20. The molecular formula is C15H23N7. The summed E-state index contributed by atoms with van der Waals surface area (Å²) in [4.78, 5) is 15.1. The zero-order valence-electron chi connectivity index (χ0n) is 13.3. The molecule has 0 spiro atoms. The van der Waals surface area contributed by atoms with Crippen LogP contribution in [0.25, 0.3) is 0 Å². The molecule has 3 rings (SSSR count). The number of likely N-dealkylation sites (tertiary alicyclic amines) is 1. The number of piperidine rings is 1. The number of hydrogen-bond donors (Lipinski definition) is 0. The standard InChI is InChI=1S/C15H23N7/c1-13-11-15(17-12-16-13)20(2)14-3-7-21(8-4-14)9-10-22-18-5-6-19-22/h5-6,11-12,14H,3-4,7-10H2,1-2H3. The minimum atomic E-state index is 0.549. The van der Waals surface area contributed by atoms with E-state index in [0.29, 0.717) is 6.04 Å². The first kappa shape index (κ1) is 14.9. The Labute approximate surface area is 131 Å². The zero-order valence-corrected chi connectivity index (χ0v) is 13.3. The number of aromatic nitrogens is 5. The van der Waals surface area contributed by atoms with Crippen molar-refractivity contribution in [1.29, 1.82) is 0 Å². The average molecular weight is 301 g/mol. The van der Waals surface area contributed by atoms with Crippen molar-refractivity contribution in [2.45, 2.75) is 32.4 Å². The smallest absolute Gasteiger partial charge is 0.132 e. The van der Waals surface area contributed by atoms with Gasteiger partial charge >= 0.3 is 0 Å². The molecule has 1 aliphatic heterocycles. The Bertz CT molecular complexity index is 575. The van der Waals surface area contributed by atoms with Gasteiger partial charge in [-0.3, -0.25) is 0 Å². The lowest BCUT2D eigenvalue weighted by Gasteiger charge is -2.37. The van der Waals surface area contributed by atoms with Gasteiger partial charge in [0.05, 0.1) is 18.9 Å². The fraction of sp³-hybridized carbons (Fsp3) is 0.600. The van der Waals surface area contributed by atoms with Crippen LogP contribution in [0.3, 0.4) is 0 Å². The molecule has 7 heteroatoms. The molecule has 22 heavy (non-hydrogen) atoms.